The van der Waals surface area contributed by atoms with E-state index in [2.05, 4.69) is 48.6 Å². The van der Waals surface area contributed by atoms with Crippen molar-refractivity contribution in [1.82, 2.24) is 5.32 Å². The molecule has 104 valence electrons. The summed E-state index contributed by atoms with van der Waals surface area (Å²) in [5.41, 5.74) is 1.25. The van der Waals surface area contributed by atoms with Crippen molar-refractivity contribution >= 4 is 21.4 Å². The molecule has 2 nitrogen and oxygen atoms in total. The second-order valence-corrected chi connectivity index (χ2v) is 6.16. The van der Waals surface area contributed by atoms with E-state index in [1.165, 1.54) is 20.5 Å². The van der Waals surface area contributed by atoms with Crippen LogP contribution in [0.1, 0.15) is 34.9 Å². The van der Waals surface area contributed by atoms with E-state index in [1.807, 2.05) is 25.2 Å². The van der Waals surface area contributed by atoms with Gasteiger partial charge in [-0.2, -0.15) is 0 Å². The molecule has 0 saturated carbocycles. The van der Waals surface area contributed by atoms with E-state index in [9.17, 15) is 0 Å². The fraction of sp³-hybridized carbons (Fsp3) is 0.294. The van der Waals surface area contributed by atoms with E-state index in [0.717, 1.165) is 18.1 Å². The normalized spacial score (nSPS) is 12.9. The lowest BCUT2D eigenvalue weighted by atomic mass is 10.1. The molecule has 3 aromatic rings. The monoisotopic (exact) mass is 285 g/mol. The van der Waals surface area contributed by atoms with Gasteiger partial charge >= 0.3 is 0 Å². The average molecular weight is 285 g/mol. The third-order valence-electron chi connectivity index (χ3n) is 3.53. The summed E-state index contributed by atoms with van der Waals surface area (Å²) in [5, 5.41) is 4.89. The number of hydrogen-bond donors (Lipinski definition) is 1. The van der Waals surface area contributed by atoms with Crippen LogP contribution < -0.4 is 5.32 Å². The van der Waals surface area contributed by atoms with Crippen LogP contribution in [0.5, 0.6) is 0 Å². The molecule has 0 fully saturated rings. The maximum atomic E-state index is 5.70. The molecule has 0 aliphatic rings. The highest BCUT2D eigenvalue weighted by Gasteiger charge is 2.20. The first-order valence-electron chi connectivity index (χ1n) is 6.98. The van der Waals surface area contributed by atoms with Crippen LogP contribution in [-0.4, -0.2) is 6.54 Å². The highest BCUT2D eigenvalue weighted by atomic mass is 32.1. The third kappa shape index (κ3) is 2.39. The van der Waals surface area contributed by atoms with E-state index in [0.29, 0.717) is 0 Å². The lowest BCUT2D eigenvalue weighted by Gasteiger charge is -2.15. The molecule has 0 aliphatic carbocycles. The van der Waals surface area contributed by atoms with Crippen LogP contribution in [0.25, 0.3) is 10.1 Å². The smallest absolute Gasteiger partial charge is 0.106 e. The predicted octanol–water partition coefficient (Wildman–Crippen LogP) is 4.81. The zero-order valence-electron chi connectivity index (χ0n) is 12.1. The van der Waals surface area contributed by atoms with Crippen molar-refractivity contribution in [3.8, 4) is 0 Å². The SMILES string of the molecule is CCNC(c1cc2ccccc2s1)c1cc(C)oc1C. The second-order valence-electron chi connectivity index (χ2n) is 5.05. The van der Waals surface area contributed by atoms with Crippen LogP contribution in [-0.2, 0) is 0 Å². The molecule has 3 heteroatoms. The Hall–Kier alpha value is -1.58. The standard InChI is InChI=1S/C17H19NOS/c1-4-18-17(14-9-11(2)19-12(14)3)16-10-13-7-5-6-8-15(13)20-16/h5-10,17-18H,4H2,1-3H3. The van der Waals surface area contributed by atoms with Gasteiger partial charge < -0.3 is 9.73 Å². The molecule has 0 bridgehead atoms. The van der Waals surface area contributed by atoms with E-state index >= 15 is 0 Å². The Morgan fingerprint density at radius 3 is 2.65 bits per heavy atom. The van der Waals surface area contributed by atoms with Gasteiger partial charge in [-0.05, 0) is 44.0 Å². The lowest BCUT2D eigenvalue weighted by Crippen LogP contribution is -2.21. The quantitative estimate of drug-likeness (QED) is 0.744. The number of rotatable bonds is 4. The van der Waals surface area contributed by atoms with Crippen molar-refractivity contribution in [2.75, 3.05) is 6.54 Å². The molecule has 2 heterocycles. The molecule has 1 N–H and O–H groups in total. The van der Waals surface area contributed by atoms with Crippen LogP contribution in [0, 0.1) is 13.8 Å². The van der Waals surface area contributed by atoms with E-state index in [1.54, 1.807) is 0 Å². The molecule has 1 unspecified atom stereocenters. The van der Waals surface area contributed by atoms with Crippen LogP contribution >= 0.6 is 11.3 Å². The fourth-order valence-electron chi connectivity index (χ4n) is 2.65. The van der Waals surface area contributed by atoms with E-state index in [-0.39, 0.29) is 6.04 Å². The summed E-state index contributed by atoms with van der Waals surface area (Å²) in [6.07, 6.45) is 0. The highest BCUT2D eigenvalue weighted by molar-refractivity contribution is 7.19. The van der Waals surface area contributed by atoms with Gasteiger partial charge in [0.25, 0.3) is 0 Å². The number of thiophene rings is 1. The molecule has 1 atom stereocenters. The number of furan rings is 1. The topological polar surface area (TPSA) is 25.2 Å². The molecular weight excluding hydrogens is 266 g/mol. The highest BCUT2D eigenvalue weighted by Crippen LogP contribution is 2.35. The molecular formula is C17H19NOS. The Morgan fingerprint density at radius 2 is 2.00 bits per heavy atom. The summed E-state index contributed by atoms with van der Waals surface area (Å²) in [6.45, 7) is 7.12. The predicted molar refractivity (Wildman–Crippen MR) is 85.5 cm³/mol. The fourth-order valence-corrected chi connectivity index (χ4v) is 3.81. The van der Waals surface area contributed by atoms with Crippen LogP contribution in [0.3, 0.4) is 0 Å². The summed E-state index contributed by atoms with van der Waals surface area (Å²) in [5.74, 6) is 1.98. The minimum Gasteiger partial charge on any atom is -0.466 e. The molecule has 0 amide bonds. The zero-order chi connectivity index (χ0) is 14.1. The first-order chi connectivity index (χ1) is 9.69. The first kappa shape index (κ1) is 13.4. The minimum atomic E-state index is 0.217. The van der Waals surface area contributed by atoms with Gasteiger partial charge in [0.1, 0.15) is 11.5 Å². The lowest BCUT2D eigenvalue weighted by molar-refractivity contribution is 0.495. The molecule has 0 aliphatic heterocycles. The Labute approximate surface area is 123 Å². The van der Waals surface area contributed by atoms with E-state index in [4.69, 9.17) is 4.42 Å². The first-order valence-corrected chi connectivity index (χ1v) is 7.79. The summed E-state index contributed by atoms with van der Waals surface area (Å²) in [6, 6.07) is 13.2. The van der Waals surface area contributed by atoms with Crippen molar-refractivity contribution in [2.24, 2.45) is 0 Å². The van der Waals surface area contributed by atoms with Gasteiger partial charge in [0.2, 0.25) is 0 Å². The van der Waals surface area contributed by atoms with Gasteiger partial charge in [-0.25, -0.2) is 0 Å². The average Bonchev–Trinajstić information content (AvgIpc) is 2.99. The van der Waals surface area contributed by atoms with E-state index < -0.39 is 0 Å². The Balaban J connectivity index is 2.08. The van der Waals surface area contributed by atoms with Gasteiger partial charge in [0.05, 0.1) is 6.04 Å². The summed E-state index contributed by atoms with van der Waals surface area (Å²) >= 11 is 1.85. The molecule has 0 radical (unpaired) electrons. The molecule has 0 saturated heterocycles. The minimum absolute atomic E-state index is 0.217. The van der Waals surface area contributed by atoms with Gasteiger partial charge in [-0.1, -0.05) is 25.1 Å². The van der Waals surface area contributed by atoms with Crippen molar-refractivity contribution in [2.45, 2.75) is 26.8 Å². The third-order valence-corrected chi connectivity index (χ3v) is 4.71. The molecule has 0 spiro atoms. The Bertz CT molecular complexity index is 693. The number of fused-ring (bicyclic) bond motifs is 1. The Morgan fingerprint density at radius 1 is 1.20 bits per heavy atom. The summed E-state index contributed by atoms with van der Waals surface area (Å²) in [4.78, 5) is 1.34. The largest absolute Gasteiger partial charge is 0.466 e. The van der Waals surface area contributed by atoms with Crippen molar-refractivity contribution in [3.63, 3.8) is 0 Å². The number of aryl methyl sites for hydroxylation is 2. The van der Waals surface area contributed by atoms with Crippen molar-refractivity contribution in [3.05, 3.63) is 58.4 Å². The van der Waals surface area contributed by atoms with Gasteiger partial charge in [0.15, 0.2) is 0 Å². The number of hydrogen-bond acceptors (Lipinski definition) is 3. The summed E-state index contributed by atoms with van der Waals surface area (Å²) in [7, 11) is 0. The number of benzene rings is 1. The number of nitrogens with one attached hydrogen (secondary N) is 1. The molecule has 20 heavy (non-hydrogen) atoms. The Kier molecular flexibility index (Phi) is 3.64. The van der Waals surface area contributed by atoms with Crippen LogP contribution in [0.2, 0.25) is 0 Å². The maximum Gasteiger partial charge on any atom is 0.106 e. The molecule has 1 aromatic carbocycles. The molecule has 3 rings (SSSR count). The van der Waals surface area contributed by atoms with Crippen molar-refractivity contribution < 1.29 is 4.42 Å². The summed E-state index contributed by atoms with van der Waals surface area (Å²) < 4.78 is 7.04. The van der Waals surface area contributed by atoms with Crippen LogP contribution in [0.15, 0.2) is 40.8 Å². The van der Waals surface area contributed by atoms with Gasteiger partial charge in [0, 0.05) is 15.1 Å². The van der Waals surface area contributed by atoms with Gasteiger partial charge in [-0.3, -0.25) is 0 Å². The van der Waals surface area contributed by atoms with Crippen molar-refractivity contribution in [1.29, 1.82) is 0 Å². The van der Waals surface area contributed by atoms with Crippen LogP contribution in [0.4, 0.5) is 0 Å². The molecule has 2 aromatic heterocycles. The second kappa shape index (κ2) is 5.43. The zero-order valence-corrected chi connectivity index (χ0v) is 12.9. The maximum absolute atomic E-state index is 5.70. The van der Waals surface area contributed by atoms with Gasteiger partial charge in [-0.15, -0.1) is 11.3 Å².